The van der Waals surface area contributed by atoms with E-state index in [-0.39, 0.29) is 12.2 Å². The first-order chi connectivity index (χ1) is 8.78. The van der Waals surface area contributed by atoms with E-state index in [4.69, 9.17) is 11.0 Å². The number of hydrogen-bond acceptors (Lipinski definition) is 4. The summed E-state index contributed by atoms with van der Waals surface area (Å²) >= 11 is 0. The van der Waals surface area contributed by atoms with Crippen LogP contribution in [0.25, 0.3) is 0 Å². The zero-order valence-electron chi connectivity index (χ0n) is 9.34. The summed E-state index contributed by atoms with van der Waals surface area (Å²) in [6, 6.07) is 2.29. The van der Waals surface area contributed by atoms with Gasteiger partial charge in [-0.2, -0.15) is 5.26 Å². The van der Waals surface area contributed by atoms with E-state index in [0.717, 1.165) is 6.07 Å². The van der Waals surface area contributed by atoms with E-state index in [0.29, 0.717) is 0 Å². The molecule has 9 heteroatoms. The SMILES string of the molecule is N#CCc1c(OC(F)(F)F)cc(CN)nc1C(F)F. The predicted octanol–water partition coefficient (Wildman–Crippen LogP) is 2.44. The van der Waals surface area contributed by atoms with Crippen LogP contribution in [-0.4, -0.2) is 11.3 Å². The molecule has 1 heterocycles. The van der Waals surface area contributed by atoms with Gasteiger partial charge in [-0.3, -0.25) is 0 Å². The van der Waals surface area contributed by atoms with Crippen molar-refractivity contribution in [3.05, 3.63) is 23.0 Å². The maximum Gasteiger partial charge on any atom is 0.573 e. The summed E-state index contributed by atoms with van der Waals surface area (Å²) in [5.74, 6) is -0.875. The van der Waals surface area contributed by atoms with Gasteiger partial charge in [0, 0.05) is 18.2 Å². The van der Waals surface area contributed by atoms with Gasteiger partial charge in [-0.15, -0.1) is 13.2 Å². The topological polar surface area (TPSA) is 71.9 Å². The molecule has 1 aromatic heterocycles. The van der Waals surface area contributed by atoms with E-state index in [1.165, 1.54) is 6.07 Å². The van der Waals surface area contributed by atoms with Gasteiger partial charge in [-0.05, 0) is 0 Å². The van der Waals surface area contributed by atoms with Crippen molar-refractivity contribution in [3.8, 4) is 11.8 Å². The first kappa shape index (κ1) is 15.1. The van der Waals surface area contributed by atoms with Gasteiger partial charge in [0.2, 0.25) is 0 Å². The van der Waals surface area contributed by atoms with Crippen LogP contribution in [0.15, 0.2) is 6.07 Å². The normalized spacial score (nSPS) is 11.5. The van der Waals surface area contributed by atoms with E-state index in [9.17, 15) is 22.0 Å². The molecule has 0 aliphatic rings. The van der Waals surface area contributed by atoms with Crippen LogP contribution < -0.4 is 10.5 Å². The Morgan fingerprint density at radius 1 is 1.42 bits per heavy atom. The number of rotatable bonds is 4. The summed E-state index contributed by atoms with van der Waals surface area (Å²) < 4.78 is 65.7. The van der Waals surface area contributed by atoms with E-state index < -0.39 is 36.2 Å². The standard InChI is InChI=1S/C10H8F5N3O/c11-9(12)8-6(1-2-16)7(19-10(13,14)15)3-5(4-17)18-8/h3,9H,1,4,17H2. The number of alkyl halides is 5. The molecule has 0 atom stereocenters. The van der Waals surface area contributed by atoms with Crippen molar-refractivity contribution >= 4 is 0 Å². The molecule has 104 valence electrons. The minimum Gasteiger partial charge on any atom is -0.405 e. The third-order valence-corrected chi connectivity index (χ3v) is 2.07. The zero-order valence-corrected chi connectivity index (χ0v) is 9.34. The van der Waals surface area contributed by atoms with Crippen LogP contribution in [-0.2, 0) is 13.0 Å². The largest absolute Gasteiger partial charge is 0.573 e. The highest BCUT2D eigenvalue weighted by Crippen LogP contribution is 2.33. The Morgan fingerprint density at radius 3 is 2.47 bits per heavy atom. The molecule has 19 heavy (non-hydrogen) atoms. The van der Waals surface area contributed by atoms with Gasteiger partial charge < -0.3 is 10.5 Å². The molecule has 0 aliphatic heterocycles. The molecular weight excluding hydrogens is 273 g/mol. The molecule has 1 rings (SSSR count). The van der Waals surface area contributed by atoms with Gasteiger partial charge in [-0.1, -0.05) is 0 Å². The summed E-state index contributed by atoms with van der Waals surface area (Å²) in [5.41, 5.74) is 3.46. The van der Waals surface area contributed by atoms with Crippen molar-refractivity contribution in [2.45, 2.75) is 25.8 Å². The fourth-order valence-corrected chi connectivity index (χ4v) is 1.38. The molecule has 4 nitrogen and oxygen atoms in total. The van der Waals surface area contributed by atoms with Crippen LogP contribution in [0.2, 0.25) is 0 Å². The van der Waals surface area contributed by atoms with Crippen LogP contribution in [0.3, 0.4) is 0 Å². The molecule has 2 N–H and O–H groups in total. The Hall–Kier alpha value is -1.95. The monoisotopic (exact) mass is 281 g/mol. The summed E-state index contributed by atoms with van der Waals surface area (Å²) in [5, 5.41) is 8.49. The number of nitriles is 1. The third-order valence-electron chi connectivity index (χ3n) is 2.07. The van der Waals surface area contributed by atoms with Gasteiger partial charge in [-0.25, -0.2) is 13.8 Å². The molecular formula is C10H8F5N3O. The summed E-state index contributed by atoms with van der Waals surface area (Å²) in [4.78, 5) is 3.43. The second-order valence-corrected chi connectivity index (χ2v) is 3.36. The molecule has 0 aromatic carbocycles. The molecule has 1 aromatic rings. The van der Waals surface area contributed by atoms with Gasteiger partial charge in [0.25, 0.3) is 6.43 Å². The zero-order chi connectivity index (χ0) is 14.6. The lowest BCUT2D eigenvalue weighted by atomic mass is 10.1. The number of halogens is 5. The van der Waals surface area contributed by atoms with Crippen LogP contribution in [0, 0.1) is 11.3 Å². The van der Waals surface area contributed by atoms with Gasteiger partial charge in [0.05, 0.1) is 18.2 Å². The van der Waals surface area contributed by atoms with Gasteiger partial charge >= 0.3 is 6.36 Å². The predicted molar refractivity (Wildman–Crippen MR) is 53.1 cm³/mol. The lowest BCUT2D eigenvalue weighted by Gasteiger charge is -2.15. The van der Waals surface area contributed by atoms with Crippen molar-refractivity contribution in [2.24, 2.45) is 5.73 Å². The van der Waals surface area contributed by atoms with E-state index in [2.05, 4.69) is 9.72 Å². The van der Waals surface area contributed by atoms with Crippen molar-refractivity contribution in [1.82, 2.24) is 4.98 Å². The van der Waals surface area contributed by atoms with E-state index in [1.54, 1.807) is 0 Å². The molecule has 0 amide bonds. The average Bonchev–Trinajstić information content (AvgIpc) is 2.29. The van der Waals surface area contributed by atoms with E-state index in [1.807, 2.05) is 0 Å². The fourth-order valence-electron chi connectivity index (χ4n) is 1.38. The van der Waals surface area contributed by atoms with Crippen LogP contribution >= 0.6 is 0 Å². The first-order valence-electron chi connectivity index (χ1n) is 4.92. The van der Waals surface area contributed by atoms with Gasteiger partial charge in [0.1, 0.15) is 11.4 Å². The van der Waals surface area contributed by atoms with Crippen LogP contribution in [0.5, 0.6) is 5.75 Å². The summed E-state index contributed by atoms with van der Waals surface area (Å²) in [7, 11) is 0. The average molecular weight is 281 g/mol. The highest BCUT2D eigenvalue weighted by atomic mass is 19.4. The highest BCUT2D eigenvalue weighted by molar-refractivity contribution is 5.41. The van der Waals surface area contributed by atoms with Crippen molar-refractivity contribution in [2.75, 3.05) is 0 Å². The Morgan fingerprint density at radius 2 is 2.05 bits per heavy atom. The maximum atomic E-state index is 12.7. The van der Waals surface area contributed by atoms with Crippen molar-refractivity contribution < 1.29 is 26.7 Å². The van der Waals surface area contributed by atoms with Crippen LogP contribution in [0.4, 0.5) is 22.0 Å². The second-order valence-electron chi connectivity index (χ2n) is 3.36. The number of nitrogens with zero attached hydrogens (tertiary/aromatic N) is 2. The Labute approximate surface area is 104 Å². The smallest absolute Gasteiger partial charge is 0.405 e. The fraction of sp³-hybridized carbons (Fsp3) is 0.400. The Balaban J connectivity index is 3.39. The lowest BCUT2D eigenvalue weighted by molar-refractivity contribution is -0.275. The van der Waals surface area contributed by atoms with Crippen molar-refractivity contribution in [3.63, 3.8) is 0 Å². The molecule has 0 aliphatic carbocycles. The molecule has 0 unspecified atom stereocenters. The maximum absolute atomic E-state index is 12.7. The molecule has 0 bridgehead atoms. The summed E-state index contributed by atoms with van der Waals surface area (Å²) in [6.07, 6.45) is -8.87. The number of nitrogens with two attached hydrogens (primary N) is 1. The molecule has 0 saturated heterocycles. The Kier molecular flexibility index (Phi) is 4.61. The molecule has 0 saturated carbocycles. The van der Waals surface area contributed by atoms with Gasteiger partial charge in [0.15, 0.2) is 0 Å². The third kappa shape index (κ3) is 4.03. The minimum atomic E-state index is -5.06. The highest BCUT2D eigenvalue weighted by Gasteiger charge is 2.33. The number of ether oxygens (including phenoxy) is 1. The quantitative estimate of drug-likeness (QED) is 0.860. The molecule has 0 fully saturated rings. The van der Waals surface area contributed by atoms with E-state index >= 15 is 0 Å². The Bertz CT molecular complexity index is 495. The lowest BCUT2D eigenvalue weighted by Crippen LogP contribution is -2.20. The molecule has 0 spiro atoms. The van der Waals surface area contributed by atoms with Crippen LogP contribution in [0.1, 0.15) is 23.4 Å². The molecule has 0 radical (unpaired) electrons. The second kappa shape index (κ2) is 5.79. The summed E-state index contributed by atoms with van der Waals surface area (Å²) in [6.45, 7) is -0.333. The number of pyridine rings is 1. The first-order valence-corrected chi connectivity index (χ1v) is 4.92. The number of hydrogen-bond donors (Lipinski definition) is 1. The number of aromatic nitrogens is 1. The minimum absolute atomic E-state index is 0.184. The van der Waals surface area contributed by atoms with Crippen molar-refractivity contribution in [1.29, 1.82) is 5.26 Å².